The second-order valence-electron chi connectivity index (χ2n) is 7.59. The van der Waals surface area contributed by atoms with Gasteiger partial charge < -0.3 is 10.2 Å². The highest BCUT2D eigenvalue weighted by atomic mass is 35.5. The van der Waals surface area contributed by atoms with Crippen molar-refractivity contribution < 1.29 is 4.79 Å². The Morgan fingerprint density at radius 2 is 1.83 bits per heavy atom. The first-order valence-electron chi connectivity index (χ1n) is 10.5. The van der Waals surface area contributed by atoms with Crippen molar-refractivity contribution in [1.82, 2.24) is 20.0 Å². The van der Waals surface area contributed by atoms with Crippen molar-refractivity contribution in [1.29, 1.82) is 0 Å². The molecule has 158 valence electrons. The molecule has 1 aromatic heterocycles. The van der Waals surface area contributed by atoms with E-state index < -0.39 is 0 Å². The van der Waals surface area contributed by atoms with Crippen LogP contribution in [-0.2, 0) is 0 Å². The van der Waals surface area contributed by atoms with Crippen LogP contribution < -0.4 is 5.32 Å². The van der Waals surface area contributed by atoms with Crippen LogP contribution in [0.4, 0.5) is 0 Å². The maximum absolute atomic E-state index is 13.1. The first-order chi connectivity index (χ1) is 14.3. The average Bonchev–Trinajstić information content (AvgIpc) is 3.28. The predicted octanol–water partition coefficient (Wildman–Crippen LogP) is 4.42. The van der Waals surface area contributed by atoms with Gasteiger partial charge in [0.15, 0.2) is 0 Å². The van der Waals surface area contributed by atoms with Crippen LogP contribution in [0.3, 0.4) is 0 Å². The minimum atomic E-state index is 0. The number of aromatic nitrogens is 2. The van der Waals surface area contributed by atoms with Gasteiger partial charge in [0.05, 0.1) is 17.6 Å². The van der Waals surface area contributed by atoms with E-state index in [0.29, 0.717) is 5.92 Å². The number of nitrogens with zero attached hydrogens (tertiary/aromatic N) is 3. The largest absolute Gasteiger partial charge is 0.339 e. The minimum Gasteiger partial charge on any atom is -0.339 e. The number of amides is 1. The van der Waals surface area contributed by atoms with E-state index in [9.17, 15) is 4.79 Å². The lowest BCUT2D eigenvalue weighted by Crippen LogP contribution is -2.40. The molecule has 6 heteroatoms. The Morgan fingerprint density at radius 1 is 1.07 bits per heavy atom. The molecule has 2 heterocycles. The molecule has 1 saturated heterocycles. The second-order valence-corrected chi connectivity index (χ2v) is 7.59. The van der Waals surface area contributed by atoms with Gasteiger partial charge in [0, 0.05) is 24.2 Å². The zero-order valence-electron chi connectivity index (χ0n) is 17.3. The molecule has 1 amide bonds. The maximum Gasteiger partial charge on any atom is 0.253 e. The van der Waals surface area contributed by atoms with Crippen LogP contribution in [0, 0.1) is 5.92 Å². The van der Waals surface area contributed by atoms with Crippen molar-refractivity contribution in [3.63, 3.8) is 0 Å². The highest BCUT2D eigenvalue weighted by molar-refractivity contribution is 5.94. The summed E-state index contributed by atoms with van der Waals surface area (Å²) in [5, 5.41) is 7.92. The highest BCUT2D eigenvalue weighted by Gasteiger charge is 2.23. The first-order valence-corrected chi connectivity index (χ1v) is 10.5. The molecular weight excluding hydrogens is 396 g/mol. The molecule has 0 unspecified atom stereocenters. The van der Waals surface area contributed by atoms with Gasteiger partial charge in [-0.15, -0.1) is 12.4 Å². The van der Waals surface area contributed by atoms with Crippen LogP contribution in [0.5, 0.6) is 0 Å². The van der Waals surface area contributed by atoms with E-state index in [0.717, 1.165) is 61.5 Å². The fourth-order valence-electron chi connectivity index (χ4n) is 3.98. The van der Waals surface area contributed by atoms with Crippen molar-refractivity contribution in [2.45, 2.75) is 19.8 Å². The van der Waals surface area contributed by atoms with Crippen LogP contribution in [0.15, 0.2) is 66.9 Å². The fraction of sp³-hybridized carbons (Fsp3) is 0.333. The Bertz CT molecular complexity index is 949. The number of nitrogens with one attached hydrogen (secondary N) is 1. The lowest BCUT2D eigenvalue weighted by molar-refractivity contribution is 0.0690. The van der Waals surface area contributed by atoms with Gasteiger partial charge >= 0.3 is 0 Å². The molecule has 0 saturated carbocycles. The quantitative estimate of drug-likeness (QED) is 0.637. The third-order valence-corrected chi connectivity index (χ3v) is 5.63. The summed E-state index contributed by atoms with van der Waals surface area (Å²) in [6, 6.07) is 20.0. The predicted molar refractivity (Wildman–Crippen MR) is 123 cm³/mol. The molecule has 0 spiro atoms. The monoisotopic (exact) mass is 424 g/mol. The summed E-state index contributed by atoms with van der Waals surface area (Å²) >= 11 is 0. The number of hydrogen-bond donors (Lipinski definition) is 1. The van der Waals surface area contributed by atoms with Crippen molar-refractivity contribution in [2.75, 3.05) is 26.2 Å². The smallest absolute Gasteiger partial charge is 0.253 e. The van der Waals surface area contributed by atoms with Gasteiger partial charge in [0.2, 0.25) is 0 Å². The number of piperidine rings is 1. The van der Waals surface area contributed by atoms with E-state index in [1.54, 1.807) is 6.20 Å². The lowest BCUT2D eigenvalue weighted by atomic mass is 9.96. The van der Waals surface area contributed by atoms with Gasteiger partial charge in [-0.2, -0.15) is 5.10 Å². The molecule has 4 rings (SSSR count). The fourth-order valence-corrected chi connectivity index (χ4v) is 3.98. The Labute approximate surface area is 184 Å². The number of hydrogen-bond acceptors (Lipinski definition) is 3. The van der Waals surface area contributed by atoms with Crippen LogP contribution in [0.1, 0.15) is 30.1 Å². The molecule has 0 atom stereocenters. The summed E-state index contributed by atoms with van der Waals surface area (Å²) in [5.41, 5.74) is 3.74. The number of likely N-dealkylation sites (tertiary alicyclic amines) is 1. The van der Waals surface area contributed by atoms with Crippen LogP contribution in [0.2, 0.25) is 0 Å². The highest BCUT2D eigenvalue weighted by Crippen LogP contribution is 2.24. The van der Waals surface area contributed by atoms with Gasteiger partial charge in [-0.3, -0.25) is 4.79 Å². The van der Waals surface area contributed by atoms with Crippen molar-refractivity contribution in [2.24, 2.45) is 5.92 Å². The Balaban J connectivity index is 0.00000256. The molecule has 1 fully saturated rings. The first kappa shape index (κ1) is 22.1. The zero-order chi connectivity index (χ0) is 20.1. The van der Waals surface area contributed by atoms with E-state index in [4.69, 9.17) is 0 Å². The molecule has 1 N–H and O–H groups in total. The second kappa shape index (κ2) is 10.4. The van der Waals surface area contributed by atoms with Gasteiger partial charge in [0.25, 0.3) is 5.91 Å². The van der Waals surface area contributed by atoms with Crippen LogP contribution in [-0.4, -0.2) is 46.8 Å². The Kier molecular flexibility index (Phi) is 7.66. The van der Waals surface area contributed by atoms with Gasteiger partial charge in [-0.1, -0.05) is 43.3 Å². The molecule has 0 aliphatic carbocycles. The lowest BCUT2D eigenvalue weighted by Gasteiger charge is -2.32. The molecule has 30 heavy (non-hydrogen) atoms. The summed E-state index contributed by atoms with van der Waals surface area (Å²) < 4.78 is 1.90. The number of carbonyl (C=O) groups excluding carboxylic acids is 1. The topological polar surface area (TPSA) is 50.2 Å². The SMILES string of the molecule is CCNCC1CCN(C(=O)c2cccc(-n3nccc3-c3ccccc3)c2)CC1.Cl. The molecule has 3 aromatic rings. The van der Waals surface area contributed by atoms with Crippen LogP contribution >= 0.6 is 12.4 Å². The molecule has 0 bridgehead atoms. The summed E-state index contributed by atoms with van der Waals surface area (Å²) in [7, 11) is 0. The van der Waals surface area contributed by atoms with E-state index in [-0.39, 0.29) is 18.3 Å². The third kappa shape index (κ3) is 4.91. The van der Waals surface area contributed by atoms with Gasteiger partial charge in [-0.25, -0.2) is 4.68 Å². The number of halogens is 1. The third-order valence-electron chi connectivity index (χ3n) is 5.63. The Hall–Kier alpha value is -2.63. The zero-order valence-corrected chi connectivity index (χ0v) is 18.1. The normalized spacial score (nSPS) is 14.4. The number of carbonyl (C=O) groups is 1. The van der Waals surface area contributed by atoms with Gasteiger partial charge in [-0.05, 0) is 56.1 Å². The molecule has 2 aromatic carbocycles. The summed E-state index contributed by atoms with van der Waals surface area (Å²) in [5.74, 6) is 0.782. The van der Waals surface area contributed by atoms with Crippen molar-refractivity contribution in [3.05, 3.63) is 72.4 Å². The summed E-state index contributed by atoms with van der Waals surface area (Å²) in [6.45, 7) is 5.85. The molecule has 1 aliphatic rings. The summed E-state index contributed by atoms with van der Waals surface area (Å²) in [6.07, 6.45) is 3.93. The summed E-state index contributed by atoms with van der Waals surface area (Å²) in [4.78, 5) is 15.1. The van der Waals surface area contributed by atoms with Crippen molar-refractivity contribution >= 4 is 18.3 Å². The van der Waals surface area contributed by atoms with E-state index in [2.05, 4.69) is 29.5 Å². The van der Waals surface area contributed by atoms with Gasteiger partial charge in [0.1, 0.15) is 0 Å². The standard InChI is InChI=1S/C24H28N4O.ClH/c1-2-25-18-19-12-15-27(16-13-19)24(29)21-9-6-10-22(17-21)28-23(11-14-26-28)20-7-4-3-5-8-20;/h3-11,14,17,19,25H,2,12-13,15-16,18H2,1H3;1H. The Morgan fingerprint density at radius 3 is 2.57 bits per heavy atom. The van der Waals surface area contributed by atoms with E-state index in [1.807, 2.05) is 58.1 Å². The van der Waals surface area contributed by atoms with Crippen LogP contribution in [0.25, 0.3) is 16.9 Å². The molecule has 5 nitrogen and oxygen atoms in total. The molecule has 0 radical (unpaired) electrons. The number of benzene rings is 2. The van der Waals surface area contributed by atoms with Crippen molar-refractivity contribution in [3.8, 4) is 16.9 Å². The van der Waals surface area contributed by atoms with E-state index in [1.165, 1.54) is 0 Å². The average molecular weight is 425 g/mol. The van der Waals surface area contributed by atoms with E-state index >= 15 is 0 Å². The molecular formula is C24H29ClN4O. The maximum atomic E-state index is 13.1. The molecule has 1 aliphatic heterocycles. The minimum absolute atomic E-state index is 0. The number of rotatable bonds is 6.